The van der Waals surface area contributed by atoms with Crippen LogP contribution in [0, 0.1) is 10.1 Å². The highest BCUT2D eigenvalue weighted by atomic mass is 19.4. The molecule has 1 heterocycles. The van der Waals surface area contributed by atoms with E-state index >= 15 is 0 Å². The highest BCUT2D eigenvalue weighted by Crippen LogP contribution is 2.40. The first-order valence-electron chi connectivity index (χ1n) is 11.3. The molecule has 0 atom stereocenters. The Morgan fingerprint density at radius 3 is 1.72 bits per heavy atom. The monoisotopic (exact) mass is 548 g/mol. The molecule has 1 amide bonds. The average molecular weight is 548 g/mol. The number of furan rings is 1. The zero-order valence-corrected chi connectivity index (χ0v) is 19.7. The molecule has 0 fully saturated rings. The molecule has 4 aromatic rings. The molecule has 0 aliphatic carbocycles. The highest BCUT2D eigenvalue weighted by Gasteiger charge is 2.41. The van der Waals surface area contributed by atoms with Gasteiger partial charge in [-0.25, -0.2) is 0 Å². The molecule has 3 aromatic carbocycles. The number of nitro groups is 1. The number of hydrogen-bond donors (Lipinski definition) is 1. The first-order valence-corrected chi connectivity index (χ1v) is 11.3. The number of nitrogens with one attached hydrogen (secondary N) is 1. The van der Waals surface area contributed by atoms with E-state index in [1.54, 1.807) is 30.3 Å². The fourth-order valence-electron chi connectivity index (χ4n) is 4.19. The summed E-state index contributed by atoms with van der Waals surface area (Å²) in [5.41, 5.74) is -4.05. The van der Waals surface area contributed by atoms with Crippen molar-refractivity contribution in [1.82, 2.24) is 5.32 Å². The van der Waals surface area contributed by atoms with Crippen LogP contribution in [0.5, 0.6) is 0 Å². The van der Waals surface area contributed by atoms with Gasteiger partial charge >= 0.3 is 18.2 Å². The summed E-state index contributed by atoms with van der Waals surface area (Å²) in [4.78, 5) is 23.5. The molecule has 0 saturated heterocycles. The Morgan fingerprint density at radius 1 is 0.744 bits per heavy atom. The second kappa shape index (κ2) is 10.3. The van der Waals surface area contributed by atoms with Crippen molar-refractivity contribution in [2.24, 2.45) is 0 Å². The SMILES string of the molecule is O=C(NC(Cc1ccccc1)(c1cccc(C(F)(F)F)c1)c1cccc(C(F)(F)F)c1)c1ccc([N+](=O)[O-])o1. The number of benzene rings is 3. The van der Waals surface area contributed by atoms with Crippen LogP contribution in [0.15, 0.2) is 95.4 Å². The summed E-state index contributed by atoms with van der Waals surface area (Å²) in [7, 11) is 0. The van der Waals surface area contributed by atoms with E-state index in [-0.39, 0.29) is 17.5 Å². The van der Waals surface area contributed by atoms with Crippen LogP contribution in [0.2, 0.25) is 0 Å². The van der Waals surface area contributed by atoms with Gasteiger partial charge in [0.25, 0.3) is 5.91 Å². The quantitative estimate of drug-likeness (QED) is 0.151. The van der Waals surface area contributed by atoms with Crippen LogP contribution in [-0.2, 0) is 24.3 Å². The summed E-state index contributed by atoms with van der Waals surface area (Å²) in [6.07, 6.45) is -9.87. The third kappa shape index (κ3) is 5.95. The van der Waals surface area contributed by atoms with Crippen LogP contribution in [0.3, 0.4) is 0 Å². The van der Waals surface area contributed by atoms with Gasteiger partial charge in [0.15, 0.2) is 5.76 Å². The largest absolute Gasteiger partial charge is 0.433 e. The molecule has 0 bridgehead atoms. The summed E-state index contributed by atoms with van der Waals surface area (Å²) in [5, 5.41) is 13.6. The summed E-state index contributed by atoms with van der Waals surface area (Å²) < 4.78 is 87.1. The van der Waals surface area contributed by atoms with Gasteiger partial charge in [-0.05, 0) is 47.0 Å². The fraction of sp³-hybridized carbons (Fsp3) is 0.148. The van der Waals surface area contributed by atoms with E-state index < -0.39 is 51.5 Å². The maximum atomic E-state index is 13.7. The minimum absolute atomic E-state index is 0.171. The minimum Gasteiger partial charge on any atom is -0.395 e. The van der Waals surface area contributed by atoms with E-state index in [1.807, 2.05) is 0 Å². The Morgan fingerprint density at radius 2 is 1.26 bits per heavy atom. The lowest BCUT2D eigenvalue weighted by molar-refractivity contribution is -0.402. The van der Waals surface area contributed by atoms with Crippen molar-refractivity contribution in [3.8, 4) is 0 Å². The van der Waals surface area contributed by atoms with E-state index in [0.29, 0.717) is 5.56 Å². The molecule has 202 valence electrons. The normalized spacial score (nSPS) is 12.3. The zero-order valence-electron chi connectivity index (χ0n) is 19.7. The summed E-state index contributed by atoms with van der Waals surface area (Å²) >= 11 is 0. The Labute approximate surface area is 217 Å². The zero-order chi connectivity index (χ0) is 28.4. The van der Waals surface area contributed by atoms with E-state index in [0.717, 1.165) is 48.5 Å². The van der Waals surface area contributed by atoms with Crippen molar-refractivity contribution >= 4 is 11.8 Å². The molecule has 0 aliphatic heterocycles. The van der Waals surface area contributed by atoms with Gasteiger partial charge in [0.2, 0.25) is 0 Å². The molecule has 0 unspecified atom stereocenters. The number of alkyl halides is 6. The van der Waals surface area contributed by atoms with Crippen LogP contribution in [-0.4, -0.2) is 10.8 Å². The van der Waals surface area contributed by atoms with Gasteiger partial charge in [0.1, 0.15) is 4.92 Å². The van der Waals surface area contributed by atoms with Gasteiger partial charge in [0.05, 0.1) is 22.7 Å². The van der Waals surface area contributed by atoms with Crippen molar-refractivity contribution < 1.29 is 40.5 Å². The number of halogens is 6. The molecular formula is C27H18F6N2O4. The van der Waals surface area contributed by atoms with Crippen molar-refractivity contribution in [3.05, 3.63) is 135 Å². The molecule has 0 aliphatic rings. The molecule has 6 nitrogen and oxygen atoms in total. The number of rotatable bonds is 7. The Kier molecular flexibility index (Phi) is 7.23. The first-order chi connectivity index (χ1) is 18.3. The Balaban J connectivity index is 1.98. The predicted octanol–water partition coefficient (Wildman–Crippen LogP) is 7.14. The van der Waals surface area contributed by atoms with Crippen molar-refractivity contribution in [2.75, 3.05) is 0 Å². The standard InChI is InChI=1S/C27H18F6N2O4/c28-26(29,30)20-10-4-8-18(14-20)25(16-17-6-2-1-3-7-17,19-9-5-11-21(15-19)27(31,32)33)34-24(36)22-12-13-23(39-22)35(37)38/h1-15H,16H2,(H,34,36). The van der Waals surface area contributed by atoms with Gasteiger partial charge in [0, 0.05) is 6.42 Å². The number of amides is 1. The van der Waals surface area contributed by atoms with E-state index in [2.05, 4.69) is 5.32 Å². The van der Waals surface area contributed by atoms with Gasteiger partial charge in [-0.2, -0.15) is 26.3 Å². The van der Waals surface area contributed by atoms with Crippen LogP contribution < -0.4 is 5.32 Å². The van der Waals surface area contributed by atoms with Crippen LogP contribution in [0.4, 0.5) is 32.2 Å². The first kappa shape index (κ1) is 27.4. The van der Waals surface area contributed by atoms with Crippen molar-refractivity contribution in [1.29, 1.82) is 0 Å². The predicted molar refractivity (Wildman–Crippen MR) is 127 cm³/mol. The molecule has 1 aromatic heterocycles. The average Bonchev–Trinajstić information content (AvgIpc) is 3.39. The summed E-state index contributed by atoms with van der Waals surface area (Å²) in [6.45, 7) is 0. The topological polar surface area (TPSA) is 85.4 Å². The van der Waals surface area contributed by atoms with Crippen LogP contribution >= 0.6 is 0 Å². The molecule has 0 saturated carbocycles. The van der Waals surface area contributed by atoms with Gasteiger partial charge in [-0.1, -0.05) is 54.6 Å². The Hall–Kier alpha value is -4.61. The minimum atomic E-state index is -4.80. The van der Waals surface area contributed by atoms with Crippen molar-refractivity contribution in [2.45, 2.75) is 24.3 Å². The number of carbonyl (C=O) groups excluding carboxylic acids is 1. The number of hydrogen-bond acceptors (Lipinski definition) is 4. The second-order valence-electron chi connectivity index (χ2n) is 8.57. The lowest BCUT2D eigenvalue weighted by Gasteiger charge is -2.37. The second-order valence-corrected chi connectivity index (χ2v) is 8.57. The smallest absolute Gasteiger partial charge is 0.395 e. The Bertz CT molecular complexity index is 1440. The third-order valence-corrected chi connectivity index (χ3v) is 6.00. The van der Waals surface area contributed by atoms with Gasteiger partial charge in [-0.3, -0.25) is 14.9 Å². The lowest BCUT2D eigenvalue weighted by Crippen LogP contribution is -2.48. The van der Waals surface area contributed by atoms with Gasteiger partial charge in [-0.15, -0.1) is 0 Å². The van der Waals surface area contributed by atoms with Crippen LogP contribution in [0.25, 0.3) is 0 Å². The lowest BCUT2D eigenvalue weighted by atomic mass is 9.76. The molecule has 0 radical (unpaired) electrons. The molecule has 4 rings (SSSR count). The molecular weight excluding hydrogens is 530 g/mol. The summed E-state index contributed by atoms with van der Waals surface area (Å²) in [6, 6.07) is 17.7. The molecule has 1 N–H and O–H groups in total. The number of carbonyl (C=O) groups is 1. The maximum Gasteiger partial charge on any atom is 0.433 e. The number of nitrogens with zero attached hydrogens (tertiary/aromatic N) is 1. The maximum absolute atomic E-state index is 13.7. The fourth-order valence-corrected chi connectivity index (χ4v) is 4.19. The van der Waals surface area contributed by atoms with Gasteiger partial charge < -0.3 is 9.73 Å². The van der Waals surface area contributed by atoms with Crippen LogP contribution in [0.1, 0.15) is 38.4 Å². The van der Waals surface area contributed by atoms with E-state index in [1.165, 1.54) is 12.1 Å². The molecule has 39 heavy (non-hydrogen) atoms. The summed E-state index contributed by atoms with van der Waals surface area (Å²) in [5.74, 6) is -2.42. The third-order valence-electron chi connectivity index (χ3n) is 6.00. The highest BCUT2D eigenvalue weighted by molar-refractivity contribution is 5.92. The van der Waals surface area contributed by atoms with E-state index in [9.17, 15) is 41.3 Å². The molecule has 0 spiro atoms. The molecule has 12 heteroatoms. The van der Waals surface area contributed by atoms with Crippen molar-refractivity contribution in [3.63, 3.8) is 0 Å². The van der Waals surface area contributed by atoms with E-state index in [4.69, 9.17) is 4.42 Å².